The van der Waals surface area contributed by atoms with Crippen LogP contribution in [0.3, 0.4) is 0 Å². The fourth-order valence-corrected chi connectivity index (χ4v) is 5.02. The molecule has 0 atom stereocenters. The molecule has 0 radical (unpaired) electrons. The molecule has 2 aliphatic rings. The molecule has 1 aliphatic heterocycles. The van der Waals surface area contributed by atoms with Gasteiger partial charge in [0, 0.05) is 49.9 Å². The third-order valence-corrected chi connectivity index (χ3v) is 6.82. The number of methoxy groups -OCH3 is 1. The van der Waals surface area contributed by atoms with Gasteiger partial charge < -0.3 is 14.6 Å². The molecule has 0 unspecified atom stereocenters. The molecule has 0 spiro atoms. The molecule has 2 fully saturated rings. The number of carbonyl (C=O) groups is 1. The number of likely N-dealkylation sites (tertiary alicyclic amines) is 1. The standard InChI is InChI=1S/C23H26F2N4O3/c1-13-7-19-17(8-16(13)22(31)28-10-14(11-28)12-32-2)20-18(21(30)27-19)9-26-29(20)15-3-5-23(24,25)6-4-15/h7-9,14-15H,3-6,10-12H2,1-2H3,(H,27,30). The number of hydrogen-bond donors (Lipinski definition) is 1. The number of alkyl halides is 2. The lowest BCUT2D eigenvalue weighted by Gasteiger charge is -2.39. The van der Waals surface area contributed by atoms with Crippen LogP contribution in [0, 0.1) is 12.8 Å². The van der Waals surface area contributed by atoms with E-state index in [4.69, 9.17) is 4.74 Å². The number of H-pyrrole nitrogens is 1. The highest BCUT2D eigenvalue weighted by Gasteiger charge is 2.36. The summed E-state index contributed by atoms with van der Waals surface area (Å²) < 4.78 is 34.3. The molecule has 9 heteroatoms. The van der Waals surface area contributed by atoms with Gasteiger partial charge in [-0.2, -0.15) is 5.10 Å². The summed E-state index contributed by atoms with van der Waals surface area (Å²) in [5, 5.41) is 5.52. The molecule has 1 saturated carbocycles. The Labute approximate surface area is 183 Å². The predicted octanol–water partition coefficient (Wildman–Crippen LogP) is 3.66. The number of aromatic nitrogens is 3. The summed E-state index contributed by atoms with van der Waals surface area (Å²) in [6.07, 6.45) is 1.70. The Hall–Kier alpha value is -2.81. The quantitative estimate of drug-likeness (QED) is 0.666. The van der Waals surface area contributed by atoms with Gasteiger partial charge in [-0.25, -0.2) is 8.78 Å². The van der Waals surface area contributed by atoms with Gasteiger partial charge in [0.25, 0.3) is 11.5 Å². The van der Waals surface area contributed by atoms with Crippen LogP contribution in [0.2, 0.25) is 0 Å². The van der Waals surface area contributed by atoms with Crippen molar-refractivity contribution in [2.24, 2.45) is 5.92 Å². The van der Waals surface area contributed by atoms with Crippen LogP contribution in [0.4, 0.5) is 8.78 Å². The minimum atomic E-state index is -2.65. The molecule has 1 aliphatic carbocycles. The molecule has 2 aromatic heterocycles. The summed E-state index contributed by atoms with van der Waals surface area (Å²) in [5.41, 5.74) is 2.29. The summed E-state index contributed by atoms with van der Waals surface area (Å²) >= 11 is 0. The molecule has 1 amide bonds. The number of ether oxygens (including phenoxy) is 1. The van der Waals surface area contributed by atoms with Gasteiger partial charge in [0.05, 0.1) is 35.3 Å². The molecule has 0 bridgehead atoms. The fourth-order valence-electron chi connectivity index (χ4n) is 5.02. The van der Waals surface area contributed by atoms with Crippen LogP contribution in [0.1, 0.15) is 47.6 Å². The van der Waals surface area contributed by atoms with E-state index < -0.39 is 5.92 Å². The number of hydrogen-bond acceptors (Lipinski definition) is 4. The molecule has 1 saturated heterocycles. The molecule has 5 rings (SSSR count). The zero-order chi connectivity index (χ0) is 22.6. The van der Waals surface area contributed by atoms with Crippen LogP contribution >= 0.6 is 0 Å². The first kappa shape index (κ1) is 21.1. The van der Waals surface area contributed by atoms with Crippen molar-refractivity contribution in [3.05, 3.63) is 39.8 Å². The average Bonchev–Trinajstić information content (AvgIpc) is 3.15. The highest BCUT2D eigenvalue weighted by atomic mass is 19.3. The van der Waals surface area contributed by atoms with Gasteiger partial charge in [0.2, 0.25) is 5.92 Å². The van der Waals surface area contributed by atoms with Crippen molar-refractivity contribution >= 4 is 27.7 Å². The van der Waals surface area contributed by atoms with Crippen molar-refractivity contribution in [2.75, 3.05) is 26.8 Å². The number of fused-ring (bicyclic) bond motifs is 3. The molecule has 32 heavy (non-hydrogen) atoms. The van der Waals surface area contributed by atoms with Crippen LogP contribution in [-0.2, 0) is 4.74 Å². The second-order valence-corrected chi connectivity index (χ2v) is 9.14. The molecule has 170 valence electrons. The second kappa shape index (κ2) is 7.65. The Balaban J connectivity index is 1.57. The van der Waals surface area contributed by atoms with Gasteiger partial charge in [-0.1, -0.05) is 0 Å². The number of aryl methyl sites for hydroxylation is 1. The molecule has 1 aromatic carbocycles. The Morgan fingerprint density at radius 1 is 1.25 bits per heavy atom. The smallest absolute Gasteiger partial charge is 0.259 e. The molecular weight excluding hydrogens is 418 g/mol. The maximum Gasteiger partial charge on any atom is 0.259 e. The maximum atomic E-state index is 13.7. The van der Waals surface area contributed by atoms with Crippen molar-refractivity contribution in [1.82, 2.24) is 19.7 Å². The van der Waals surface area contributed by atoms with Crippen molar-refractivity contribution in [3.8, 4) is 0 Å². The number of amides is 1. The normalized spacial score (nSPS) is 19.6. The minimum absolute atomic E-state index is 0.0560. The zero-order valence-electron chi connectivity index (χ0n) is 18.2. The highest BCUT2D eigenvalue weighted by molar-refractivity contribution is 6.07. The first-order valence-corrected chi connectivity index (χ1v) is 11.0. The number of nitrogens with one attached hydrogen (secondary N) is 1. The van der Waals surface area contributed by atoms with E-state index in [0.29, 0.717) is 65.8 Å². The van der Waals surface area contributed by atoms with E-state index in [-0.39, 0.29) is 30.3 Å². The largest absolute Gasteiger partial charge is 0.384 e. The van der Waals surface area contributed by atoms with Crippen molar-refractivity contribution in [3.63, 3.8) is 0 Å². The number of halogens is 2. The minimum Gasteiger partial charge on any atom is -0.384 e. The fraction of sp³-hybridized carbons (Fsp3) is 0.522. The Bertz CT molecular complexity index is 1250. The Morgan fingerprint density at radius 2 is 1.97 bits per heavy atom. The second-order valence-electron chi connectivity index (χ2n) is 9.14. The van der Waals surface area contributed by atoms with Crippen molar-refractivity contribution < 1.29 is 18.3 Å². The van der Waals surface area contributed by atoms with E-state index in [9.17, 15) is 18.4 Å². The van der Waals surface area contributed by atoms with Crippen LogP contribution in [0.5, 0.6) is 0 Å². The van der Waals surface area contributed by atoms with Crippen LogP contribution < -0.4 is 5.56 Å². The summed E-state index contributed by atoms with van der Waals surface area (Å²) in [7, 11) is 1.65. The van der Waals surface area contributed by atoms with Gasteiger partial charge in [-0.05, 0) is 37.5 Å². The molecular formula is C23H26F2N4O3. The van der Waals surface area contributed by atoms with E-state index in [2.05, 4.69) is 10.1 Å². The van der Waals surface area contributed by atoms with Gasteiger partial charge in [0.15, 0.2) is 0 Å². The average molecular weight is 444 g/mol. The zero-order valence-corrected chi connectivity index (χ0v) is 18.2. The Morgan fingerprint density at radius 3 is 2.66 bits per heavy atom. The molecule has 3 heterocycles. The monoisotopic (exact) mass is 444 g/mol. The predicted molar refractivity (Wildman–Crippen MR) is 116 cm³/mol. The number of rotatable bonds is 4. The maximum absolute atomic E-state index is 13.7. The lowest BCUT2D eigenvalue weighted by atomic mass is 9.92. The highest BCUT2D eigenvalue weighted by Crippen LogP contribution is 2.40. The van der Waals surface area contributed by atoms with Crippen LogP contribution in [-0.4, -0.2) is 58.3 Å². The topological polar surface area (TPSA) is 80.2 Å². The summed E-state index contributed by atoms with van der Waals surface area (Å²) in [6.45, 7) is 3.78. The Kier molecular flexibility index (Phi) is 5.03. The van der Waals surface area contributed by atoms with Gasteiger partial charge >= 0.3 is 0 Å². The molecule has 7 nitrogen and oxygen atoms in total. The number of carbonyl (C=O) groups excluding carboxylic acids is 1. The summed E-state index contributed by atoms with van der Waals surface area (Å²) in [5.74, 6) is -2.36. The lowest BCUT2D eigenvalue weighted by molar-refractivity contribution is -0.0445. The third-order valence-electron chi connectivity index (χ3n) is 6.82. The molecule has 1 N–H and O–H groups in total. The van der Waals surface area contributed by atoms with E-state index in [1.165, 1.54) is 6.20 Å². The first-order valence-electron chi connectivity index (χ1n) is 11.0. The van der Waals surface area contributed by atoms with E-state index in [1.54, 1.807) is 16.7 Å². The van der Waals surface area contributed by atoms with Gasteiger partial charge in [0.1, 0.15) is 0 Å². The number of aromatic amines is 1. The van der Waals surface area contributed by atoms with Gasteiger partial charge in [-0.15, -0.1) is 0 Å². The van der Waals surface area contributed by atoms with Crippen molar-refractivity contribution in [2.45, 2.75) is 44.6 Å². The summed E-state index contributed by atoms with van der Waals surface area (Å²) in [6, 6.07) is 3.41. The van der Waals surface area contributed by atoms with Crippen molar-refractivity contribution in [1.29, 1.82) is 0 Å². The third kappa shape index (κ3) is 3.48. The van der Waals surface area contributed by atoms with Gasteiger partial charge in [-0.3, -0.25) is 14.3 Å². The van der Waals surface area contributed by atoms with Crippen LogP contribution in [0.15, 0.2) is 23.1 Å². The summed E-state index contributed by atoms with van der Waals surface area (Å²) in [4.78, 5) is 30.5. The van der Waals surface area contributed by atoms with E-state index in [1.807, 2.05) is 19.1 Å². The number of benzene rings is 1. The van der Waals surface area contributed by atoms with E-state index >= 15 is 0 Å². The first-order chi connectivity index (χ1) is 15.3. The lowest BCUT2D eigenvalue weighted by Crippen LogP contribution is -2.51. The number of nitrogens with zero attached hydrogens (tertiary/aromatic N) is 3. The van der Waals surface area contributed by atoms with Crippen LogP contribution in [0.25, 0.3) is 21.8 Å². The molecule has 3 aromatic rings. The SMILES string of the molecule is COCC1CN(C(=O)c2cc3c(cc2C)[nH]c(=O)c2cnn(C4CCC(F)(F)CC4)c23)C1. The van der Waals surface area contributed by atoms with E-state index in [0.717, 1.165) is 5.56 Å². The number of pyridine rings is 1.